The molecule has 3 aromatic rings. The third-order valence-corrected chi connectivity index (χ3v) is 5.79. The number of benzene rings is 3. The quantitative estimate of drug-likeness (QED) is 0.357. The number of amides is 2. The Labute approximate surface area is 185 Å². The van der Waals surface area contributed by atoms with Gasteiger partial charge in [0.1, 0.15) is 6.61 Å². The molecule has 0 unspecified atom stereocenters. The molecule has 0 spiro atoms. The second-order valence-corrected chi connectivity index (χ2v) is 7.95. The van der Waals surface area contributed by atoms with Crippen LogP contribution in [0.1, 0.15) is 11.1 Å². The van der Waals surface area contributed by atoms with Gasteiger partial charge in [-0.05, 0) is 57.9 Å². The van der Waals surface area contributed by atoms with Crippen LogP contribution in [0, 0.1) is 0 Å². The Morgan fingerprint density at radius 1 is 1.00 bits per heavy atom. The van der Waals surface area contributed by atoms with Gasteiger partial charge in [-0.1, -0.05) is 48.5 Å². The number of carbonyl (C=O) groups is 2. The largest absolute Gasteiger partial charge is 0.493 e. The molecule has 1 heterocycles. The number of methoxy groups -OCH3 is 1. The number of imide groups is 1. The summed E-state index contributed by atoms with van der Waals surface area (Å²) in [5.74, 6) is 0.845. The van der Waals surface area contributed by atoms with Gasteiger partial charge in [0, 0.05) is 6.54 Å². The van der Waals surface area contributed by atoms with Crippen molar-refractivity contribution >= 4 is 39.8 Å². The Morgan fingerprint density at radius 3 is 2.58 bits per heavy atom. The van der Waals surface area contributed by atoms with Gasteiger partial charge in [-0.2, -0.15) is 0 Å². The van der Waals surface area contributed by atoms with E-state index in [1.165, 1.54) is 16.4 Å². The fourth-order valence-corrected chi connectivity index (χ4v) is 4.17. The van der Waals surface area contributed by atoms with Crippen LogP contribution in [0.2, 0.25) is 0 Å². The second-order valence-electron chi connectivity index (χ2n) is 6.96. The molecule has 6 heteroatoms. The topological polar surface area (TPSA) is 55.8 Å². The summed E-state index contributed by atoms with van der Waals surface area (Å²) in [5.41, 5.74) is 1.81. The second kappa shape index (κ2) is 9.10. The SMILES string of the molecule is C=CCN1C(=O)S/C(=C/c2ccc(OCc3ccc4ccccc4c3)c(OC)c2)C1=O. The van der Waals surface area contributed by atoms with Crippen molar-refractivity contribution in [3.05, 3.63) is 89.4 Å². The lowest BCUT2D eigenvalue weighted by atomic mass is 10.1. The van der Waals surface area contributed by atoms with Crippen molar-refractivity contribution < 1.29 is 19.1 Å². The highest BCUT2D eigenvalue weighted by atomic mass is 32.2. The molecular formula is C25H21NO4S. The van der Waals surface area contributed by atoms with E-state index >= 15 is 0 Å². The number of hydrogen-bond acceptors (Lipinski definition) is 5. The summed E-state index contributed by atoms with van der Waals surface area (Å²) in [4.78, 5) is 25.9. The van der Waals surface area contributed by atoms with Crippen LogP contribution in [0.15, 0.2) is 78.2 Å². The molecule has 0 bridgehead atoms. The van der Waals surface area contributed by atoms with Gasteiger partial charge in [-0.25, -0.2) is 0 Å². The van der Waals surface area contributed by atoms with Crippen LogP contribution >= 0.6 is 11.8 Å². The Balaban J connectivity index is 1.51. The highest BCUT2D eigenvalue weighted by Crippen LogP contribution is 2.34. The summed E-state index contributed by atoms with van der Waals surface area (Å²) >= 11 is 0.921. The van der Waals surface area contributed by atoms with Crippen molar-refractivity contribution in [2.24, 2.45) is 0 Å². The fraction of sp³-hybridized carbons (Fsp3) is 0.120. The Hall–Kier alpha value is -3.51. The lowest BCUT2D eigenvalue weighted by Crippen LogP contribution is -2.27. The first-order valence-electron chi connectivity index (χ1n) is 9.74. The summed E-state index contributed by atoms with van der Waals surface area (Å²) in [6.07, 6.45) is 3.22. The Morgan fingerprint density at radius 2 is 1.81 bits per heavy atom. The lowest BCUT2D eigenvalue weighted by Gasteiger charge is -2.12. The molecule has 0 radical (unpaired) electrons. The zero-order chi connectivity index (χ0) is 21.8. The molecule has 0 aromatic heterocycles. The highest BCUT2D eigenvalue weighted by molar-refractivity contribution is 8.18. The van der Waals surface area contributed by atoms with E-state index in [-0.39, 0.29) is 17.7 Å². The number of rotatable bonds is 7. The maximum atomic E-state index is 12.4. The average molecular weight is 432 g/mol. The summed E-state index contributed by atoms with van der Waals surface area (Å²) in [6.45, 7) is 4.19. The molecule has 1 aliphatic heterocycles. The van der Waals surface area contributed by atoms with Crippen molar-refractivity contribution in [1.29, 1.82) is 0 Å². The maximum Gasteiger partial charge on any atom is 0.293 e. The van der Waals surface area contributed by atoms with Crippen molar-refractivity contribution in [3.8, 4) is 11.5 Å². The molecule has 4 rings (SSSR count). The van der Waals surface area contributed by atoms with Crippen molar-refractivity contribution in [1.82, 2.24) is 4.90 Å². The molecule has 0 saturated carbocycles. The third kappa shape index (κ3) is 4.49. The minimum Gasteiger partial charge on any atom is -0.493 e. The van der Waals surface area contributed by atoms with Crippen LogP contribution in [-0.2, 0) is 11.4 Å². The zero-order valence-corrected chi connectivity index (χ0v) is 17.9. The van der Waals surface area contributed by atoms with Crippen LogP contribution in [0.3, 0.4) is 0 Å². The Bertz CT molecular complexity index is 1200. The predicted molar refractivity (Wildman–Crippen MR) is 124 cm³/mol. The minimum absolute atomic E-state index is 0.201. The minimum atomic E-state index is -0.314. The van der Waals surface area contributed by atoms with E-state index in [9.17, 15) is 9.59 Å². The van der Waals surface area contributed by atoms with E-state index in [0.717, 1.165) is 28.3 Å². The van der Waals surface area contributed by atoms with Crippen LogP contribution in [0.25, 0.3) is 16.8 Å². The van der Waals surface area contributed by atoms with Crippen LogP contribution < -0.4 is 9.47 Å². The molecule has 1 saturated heterocycles. The zero-order valence-electron chi connectivity index (χ0n) is 17.0. The van der Waals surface area contributed by atoms with Gasteiger partial charge >= 0.3 is 0 Å². The van der Waals surface area contributed by atoms with Gasteiger partial charge in [0.15, 0.2) is 11.5 Å². The summed E-state index contributed by atoms with van der Waals surface area (Å²) in [5, 5.41) is 2.06. The van der Waals surface area contributed by atoms with E-state index < -0.39 is 0 Å². The van der Waals surface area contributed by atoms with Crippen LogP contribution in [-0.4, -0.2) is 29.7 Å². The molecule has 0 aliphatic carbocycles. The van der Waals surface area contributed by atoms with Gasteiger partial charge in [0.25, 0.3) is 11.1 Å². The van der Waals surface area contributed by atoms with Gasteiger partial charge in [0.2, 0.25) is 0 Å². The molecule has 5 nitrogen and oxygen atoms in total. The monoisotopic (exact) mass is 431 g/mol. The van der Waals surface area contributed by atoms with Crippen molar-refractivity contribution in [2.75, 3.05) is 13.7 Å². The summed E-state index contributed by atoms with van der Waals surface area (Å²) in [7, 11) is 1.57. The normalized spacial score (nSPS) is 15.0. The van der Waals surface area contributed by atoms with Gasteiger partial charge in [-0.15, -0.1) is 6.58 Å². The number of nitrogens with zero attached hydrogens (tertiary/aromatic N) is 1. The van der Waals surface area contributed by atoms with Gasteiger partial charge in [0.05, 0.1) is 12.0 Å². The first-order chi connectivity index (χ1) is 15.1. The predicted octanol–water partition coefficient (Wildman–Crippen LogP) is 5.65. The number of fused-ring (bicyclic) bond motifs is 1. The molecule has 0 atom stereocenters. The first-order valence-corrected chi connectivity index (χ1v) is 10.6. The molecule has 2 amide bonds. The first kappa shape index (κ1) is 20.8. The van der Waals surface area contributed by atoms with Crippen molar-refractivity contribution in [2.45, 2.75) is 6.61 Å². The van der Waals surface area contributed by atoms with E-state index in [1.807, 2.05) is 24.3 Å². The third-order valence-electron chi connectivity index (χ3n) is 4.88. The molecular weight excluding hydrogens is 410 g/mol. The van der Waals surface area contributed by atoms with Crippen LogP contribution in [0.5, 0.6) is 11.5 Å². The van der Waals surface area contributed by atoms with E-state index in [2.05, 4.69) is 30.8 Å². The smallest absolute Gasteiger partial charge is 0.293 e. The molecule has 31 heavy (non-hydrogen) atoms. The highest BCUT2D eigenvalue weighted by Gasteiger charge is 2.34. The van der Waals surface area contributed by atoms with E-state index in [1.54, 1.807) is 25.3 Å². The molecule has 3 aromatic carbocycles. The number of hydrogen-bond donors (Lipinski definition) is 0. The molecule has 0 N–H and O–H groups in total. The number of thioether (sulfide) groups is 1. The van der Waals surface area contributed by atoms with Crippen LogP contribution in [0.4, 0.5) is 4.79 Å². The molecule has 156 valence electrons. The Kier molecular flexibility index (Phi) is 6.09. The summed E-state index contributed by atoms with van der Waals surface area (Å²) < 4.78 is 11.5. The fourth-order valence-electron chi connectivity index (χ4n) is 3.32. The number of ether oxygens (including phenoxy) is 2. The maximum absolute atomic E-state index is 12.4. The van der Waals surface area contributed by atoms with Gasteiger partial charge in [-0.3, -0.25) is 14.5 Å². The van der Waals surface area contributed by atoms with E-state index in [0.29, 0.717) is 23.0 Å². The van der Waals surface area contributed by atoms with Crippen molar-refractivity contribution in [3.63, 3.8) is 0 Å². The van der Waals surface area contributed by atoms with E-state index in [4.69, 9.17) is 9.47 Å². The summed E-state index contributed by atoms with van der Waals surface area (Å²) in [6, 6.07) is 19.8. The standard InChI is InChI=1S/C25H21NO4S/c1-3-12-26-24(27)23(31-25(26)28)15-17-9-11-21(22(14-17)29-2)30-16-18-8-10-19-6-4-5-7-20(19)13-18/h3-11,13-15H,1,12,16H2,2H3/b23-15+. The molecule has 1 fully saturated rings. The van der Waals surface area contributed by atoms with Gasteiger partial charge < -0.3 is 9.47 Å². The lowest BCUT2D eigenvalue weighted by molar-refractivity contribution is -0.122. The molecule has 1 aliphatic rings. The average Bonchev–Trinajstić information content (AvgIpc) is 3.05. The number of carbonyl (C=O) groups excluding carboxylic acids is 2.